The van der Waals surface area contributed by atoms with Crippen LogP contribution in [0.4, 0.5) is 0 Å². The molecule has 0 radical (unpaired) electrons. The van der Waals surface area contributed by atoms with E-state index in [-0.39, 0.29) is 36.4 Å². The summed E-state index contributed by atoms with van der Waals surface area (Å²) in [6.45, 7) is 4.19. The molecule has 0 spiro atoms. The van der Waals surface area contributed by atoms with Crippen LogP contribution in [-0.2, 0) is 9.59 Å². The molecule has 92 valence electrons. The molecule has 5 heteroatoms. The maximum absolute atomic E-state index is 11.7. The second-order valence-electron chi connectivity index (χ2n) is 4.82. The second kappa shape index (κ2) is 4.82. The molecular weight excluding hydrogens is 206 g/mol. The van der Waals surface area contributed by atoms with E-state index in [2.05, 4.69) is 19.2 Å². The molecule has 1 aliphatic carbocycles. The number of carbonyl (C=O) groups excluding carboxylic acids is 2. The molecule has 2 amide bonds. The highest BCUT2D eigenvalue weighted by atomic mass is 16.2. The van der Waals surface area contributed by atoms with Crippen LogP contribution in [-0.4, -0.2) is 42.9 Å². The van der Waals surface area contributed by atoms with Gasteiger partial charge in [0, 0.05) is 13.1 Å². The smallest absolute Gasteiger partial charge is 0.241 e. The Kier molecular flexibility index (Phi) is 3.91. The van der Waals surface area contributed by atoms with E-state index in [1.807, 2.05) is 0 Å². The van der Waals surface area contributed by atoms with Crippen molar-refractivity contribution in [1.82, 2.24) is 10.2 Å². The van der Waals surface area contributed by atoms with Crippen LogP contribution in [0.3, 0.4) is 0 Å². The molecule has 0 aliphatic heterocycles. The third kappa shape index (κ3) is 2.95. The summed E-state index contributed by atoms with van der Waals surface area (Å²) >= 11 is 0. The van der Waals surface area contributed by atoms with Crippen LogP contribution in [0.5, 0.6) is 0 Å². The van der Waals surface area contributed by atoms with Gasteiger partial charge in [0.1, 0.15) is 0 Å². The van der Waals surface area contributed by atoms with Gasteiger partial charge in [-0.3, -0.25) is 9.59 Å². The summed E-state index contributed by atoms with van der Waals surface area (Å²) in [6.07, 6.45) is 2.34. The van der Waals surface area contributed by atoms with E-state index >= 15 is 0 Å². The summed E-state index contributed by atoms with van der Waals surface area (Å²) in [4.78, 5) is 24.4. The van der Waals surface area contributed by atoms with Crippen molar-refractivity contribution >= 4 is 11.8 Å². The van der Waals surface area contributed by atoms with E-state index < -0.39 is 0 Å². The van der Waals surface area contributed by atoms with Gasteiger partial charge in [-0.05, 0) is 25.2 Å². The Bertz CT molecular complexity index is 287. The zero-order valence-electron chi connectivity index (χ0n) is 10.2. The normalized spacial score (nSPS) is 18.8. The fourth-order valence-electron chi connectivity index (χ4n) is 1.67. The number of nitrogens with zero attached hydrogens (tertiary/aromatic N) is 1. The lowest BCUT2D eigenvalue weighted by Gasteiger charge is -2.30. The van der Waals surface area contributed by atoms with Gasteiger partial charge >= 0.3 is 0 Å². The molecule has 0 aromatic carbocycles. The van der Waals surface area contributed by atoms with Gasteiger partial charge in [0.2, 0.25) is 11.8 Å². The summed E-state index contributed by atoms with van der Waals surface area (Å²) in [6, 6.07) is 0.217. The first-order valence-corrected chi connectivity index (χ1v) is 5.63. The van der Waals surface area contributed by atoms with Gasteiger partial charge in [-0.2, -0.15) is 0 Å². The van der Waals surface area contributed by atoms with Crippen molar-refractivity contribution in [2.45, 2.75) is 32.7 Å². The number of nitrogens with one attached hydrogen (secondary N) is 1. The molecule has 0 aromatic rings. The van der Waals surface area contributed by atoms with Crippen molar-refractivity contribution in [3.8, 4) is 0 Å². The number of hydrogen-bond donors (Lipinski definition) is 2. The van der Waals surface area contributed by atoms with Gasteiger partial charge in [0.15, 0.2) is 0 Å². The molecule has 1 unspecified atom stereocenters. The molecule has 0 saturated heterocycles. The van der Waals surface area contributed by atoms with E-state index in [4.69, 9.17) is 5.73 Å². The number of rotatable bonds is 5. The van der Waals surface area contributed by atoms with Crippen LogP contribution in [0.1, 0.15) is 26.7 Å². The average molecular weight is 227 g/mol. The first-order chi connectivity index (χ1) is 7.40. The zero-order chi connectivity index (χ0) is 12.3. The predicted molar refractivity (Wildman–Crippen MR) is 61.6 cm³/mol. The van der Waals surface area contributed by atoms with E-state index in [1.165, 1.54) is 12.8 Å². The standard InChI is InChI=1S/C11H21N3O2/c1-8(11(2)4-5-11)14(3)10(16)7-13-9(15)6-12/h8H,4-7,12H2,1-3H3,(H,13,15). The Morgan fingerprint density at radius 1 is 1.50 bits per heavy atom. The highest BCUT2D eigenvalue weighted by Gasteiger charge is 2.45. The lowest BCUT2D eigenvalue weighted by atomic mass is 9.99. The zero-order valence-corrected chi connectivity index (χ0v) is 10.2. The van der Waals surface area contributed by atoms with Crippen LogP contribution in [0.25, 0.3) is 0 Å². The third-order valence-corrected chi connectivity index (χ3v) is 3.64. The number of nitrogens with two attached hydrogens (primary N) is 1. The van der Waals surface area contributed by atoms with Gasteiger partial charge in [0.25, 0.3) is 0 Å². The Morgan fingerprint density at radius 2 is 2.06 bits per heavy atom. The Balaban J connectivity index is 2.38. The number of carbonyl (C=O) groups is 2. The monoisotopic (exact) mass is 227 g/mol. The highest BCUT2D eigenvalue weighted by Crippen LogP contribution is 2.49. The second-order valence-corrected chi connectivity index (χ2v) is 4.82. The van der Waals surface area contributed by atoms with Crippen LogP contribution < -0.4 is 11.1 Å². The molecule has 1 fully saturated rings. The molecule has 1 saturated carbocycles. The number of amides is 2. The maximum Gasteiger partial charge on any atom is 0.241 e. The molecule has 1 atom stereocenters. The maximum atomic E-state index is 11.7. The van der Waals surface area contributed by atoms with Gasteiger partial charge in [-0.15, -0.1) is 0 Å². The number of likely N-dealkylation sites (N-methyl/N-ethyl adjacent to an activating group) is 1. The van der Waals surface area contributed by atoms with Crippen LogP contribution in [0.2, 0.25) is 0 Å². The summed E-state index contributed by atoms with van der Waals surface area (Å²) < 4.78 is 0. The van der Waals surface area contributed by atoms with Crippen molar-refractivity contribution in [1.29, 1.82) is 0 Å². The van der Waals surface area contributed by atoms with E-state index in [1.54, 1.807) is 11.9 Å². The Morgan fingerprint density at radius 3 is 2.50 bits per heavy atom. The van der Waals surface area contributed by atoms with Crippen molar-refractivity contribution in [3.05, 3.63) is 0 Å². The fourth-order valence-corrected chi connectivity index (χ4v) is 1.67. The lowest BCUT2D eigenvalue weighted by molar-refractivity contribution is -0.134. The largest absolute Gasteiger partial charge is 0.346 e. The van der Waals surface area contributed by atoms with Gasteiger partial charge in [-0.25, -0.2) is 0 Å². The molecule has 3 N–H and O–H groups in total. The average Bonchev–Trinajstić information content (AvgIpc) is 3.02. The van der Waals surface area contributed by atoms with E-state index in [0.29, 0.717) is 0 Å². The van der Waals surface area contributed by atoms with Crippen molar-refractivity contribution < 1.29 is 9.59 Å². The van der Waals surface area contributed by atoms with E-state index in [0.717, 1.165) is 0 Å². The Hall–Kier alpha value is -1.10. The molecular formula is C11H21N3O2. The van der Waals surface area contributed by atoms with Gasteiger partial charge < -0.3 is 16.0 Å². The van der Waals surface area contributed by atoms with E-state index in [9.17, 15) is 9.59 Å². The summed E-state index contributed by atoms with van der Waals surface area (Å²) in [5, 5.41) is 2.48. The fraction of sp³-hybridized carbons (Fsp3) is 0.818. The summed E-state index contributed by atoms with van der Waals surface area (Å²) in [5.74, 6) is -0.366. The minimum Gasteiger partial charge on any atom is -0.346 e. The molecule has 0 aromatic heterocycles. The predicted octanol–water partition coefficient (Wildman–Crippen LogP) is -0.292. The first-order valence-electron chi connectivity index (χ1n) is 5.63. The third-order valence-electron chi connectivity index (χ3n) is 3.64. The first kappa shape index (κ1) is 13.0. The van der Waals surface area contributed by atoms with Crippen LogP contribution >= 0.6 is 0 Å². The van der Waals surface area contributed by atoms with Crippen molar-refractivity contribution in [2.75, 3.05) is 20.1 Å². The molecule has 0 heterocycles. The SMILES string of the molecule is CC(N(C)C(=O)CNC(=O)CN)C1(C)CC1. The number of hydrogen-bond acceptors (Lipinski definition) is 3. The highest BCUT2D eigenvalue weighted by molar-refractivity contribution is 5.85. The molecule has 5 nitrogen and oxygen atoms in total. The molecule has 16 heavy (non-hydrogen) atoms. The van der Waals surface area contributed by atoms with Crippen molar-refractivity contribution in [3.63, 3.8) is 0 Å². The van der Waals surface area contributed by atoms with Crippen LogP contribution in [0, 0.1) is 5.41 Å². The minimum absolute atomic E-state index is 0.0347. The quantitative estimate of drug-likeness (QED) is 0.677. The summed E-state index contributed by atoms with van der Waals surface area (Å²) in [5.41, 5.74) is 5.40. The van der Waals surface area contributed by atoms with Crippen LogP contribution in [0.15, 0.2) is 0 Å². The topological polar surface area (TPSA) is 75.4 Å². The lowest BCUT2D eigenvalue weighted by Crippen LogP contribution is -2.46. The molecule has 0 bridgehead atoms. The van der Waals surface area contributed by atoms with Gasteiger partial charge in [-0.1, -0.05) is 6.92 Å². The Labute approximate surface area is 96.4 Å². The summed E-state index contributed by atoms with van der Waals surface area (Å²) in [7, 11) is 1.78. The molecule has 1 aliphatic rings. The molecule has 1 rings (SSSR count). The van der Waals surface area contributed by atoms with Crippen molar-refractivity contribution in [2.24, 2.45) is 11.1 Å². The minimum atomic E-state index is -0.299. The van der Waals surface area contributed by atoms with Gasteiger partial charge in [0.05, 0.1) is 13.1 Å².